The maximum Gasteiger partial charge on any atom is 0.181 e. The second kappa shape index (κ2) is 4.50. The lowest BCUT2D eigenvalue weighted by Crippen LogP contribution is -2.05. The van der Waals surface area contributed by atoms with Crippen molar-refractivity contribution in [1.29, 1.82) is 0 Å². The molecule has 0 amide bonds. The van der Waals surface area contributed by atoms with Crippen molar-refractivity contribution in [2.24, 2.45) is 0 Å². The molecule has 0 atom stereocenters. The van der Waals surface area contributed by atoms with E-state index in [-0.39, 0.29) is 5.43 Å². The molecule has 0 spiro atoms. The fraction of sp³-hybridized carbons (Fsp3) is 0.214. The summed E-state index contributed by atoms with van der Waals surface area (Å²) < 4.78 is 7.59. The van der Waals surface area contributed by atoms with Crippen LogP contribution >= 0.6 is 11.6 Å². The first-order valence-corrected chi connectivity index (χ1v) is 6.20. The number of hydrogen-bond donors (Lipinski definition) is 0. The van der Waals surface area contributed by atoms with Gasteiger partial charge in [0, 0.05) is 41.5 Å². The topological polar surface area (TPSA) is 31.2 Å². The number of pyridine rings is 1. The van der Waals surface area contributed by atoms with Gasteiger partial charge in [0.25, 0.3) is 0 Å². The number of hydrogen-bond acceptors (Lipinski definition) is 2. The van der Waals surface area contributed by atoms with Gasteiger partial charge in [0.2, 0.25) is 0 Å². The lowest BCUT2D eigenvalue weighted by molar-refractivity contribution is 0.352. The molecule has 0 aliphatic carbocycles. The van der Waals surface area contributed by atoms with Crippen molar-refractivity contribution in [3.05, 3.63) is 63.0 Å². The van der Waals surface area contributed by atoms with Crippen LogP contribution < -0.4 is 10.2 Å². The van der Waals surface area contributed by atoms with E-state index in [4.69, 9.17) is 16.3 Å². The van der Waals surface area contributed by atoms with E-state index in [0.29, 0.717) is 13.2 Å². The molecule has 1 aliphatic rings. The van der Waals surface area contributed by atoms with Gasteiger partial charge < -0.3 is 9.30 Å². The summed E-state index contributed by atoms with van der Waals surface area (Å²) in [6.07, 6.45) is 4.45. The average molecular weight is 262 g/mol. The Bertz CT molecular complexity index is 628. The molecular formula is C14H12ClNO2. The van der Waals surface area contributed by atoms with Gasteiger partial charge in [-0.2, -0.15) is 0 Å². The van der Waals surface area contributed by atoms with Crippen LogP contribution in [0.4, 0.5) is 0 Å². The number of halogens is 1. The van der Waals surface area contributed by atoms with E-state index in [2.05, 4.69) is 0 Å². The minimum atomic E-state index is 0.0128. The summed E-state index contributed by atoms with van der Waals surface area (Å²) in [4.78, 5) is 11.1. The SMILES string of the molecule is O=c1ccn(Cc2cc(Cl)cc3c2OCC3)cc1. The molecule has 1 aromatic carbocycles. The Kier molecular flexibility index (Phi) is 2.84. The largest absolute Gasteiger partial charge is 0.493 e. The van der Waals surface area contributed by atoms with Gasteiger partial charge in [-0.15, -0.1) is 0 Å². The van der Waals surface area contributed by atoms with Crippen LogP contribution in [0.2, 0.25) is 5.02 Å². The molecule has 4 heteroatoms. The van der Waals surface area contributed by atoms with Crippen molar-refractivity contribution in [3.63, 3.8) is 0 Å². The second-order valence-corrected chi connectivity index (χ2v) is 4.79. The fourth-order valence-electron chi connectivity index (χ4n) is 2.21. The van der Waals surface area contributed by atoms with Gasteiger partial charge in [-0.25, -0.2) is 0 Å². The number of ether oxygens (including phenoxy) is 1. The third kappa shape index (κ3) is 2.14. The molecule has 0 fully saturated rings. The van der Waals surface area contributed by atoms with Crippen molar-refractivity contribution >= 4 is 11.6 Å². The summed E-state index contributed by atoms with van der Waals surface area (Å²) in [6, 6.07) is 6.97. The van der Waals surface area contributed by atoms with Gasteiger partial charge in [-0.1, -0.05) is 11.6 Å². The van der Waals surface area contributed by atoms with Crippen molar-refractivity contribution in [2.45, 2.75) is 13.0 Å². The molecule has 18 heavy (non-hydrogen) atoms. The molecule has 0 unspecified atom stereocenters. The van der Waals surface area contributed by atoms with E-state index >= 15 is 0 Å². The third-order valence-electron chi connectivity index (χ3n) is 3.04. The normalized spacial score (nSPS) is 13.2. The van der Waals surface area contributed by atoms with Gasteiger partial charge in [0.15, 0.2) is 5.43 Å². The Morgan fingerprint density at radius 2 is 2.06 bits per heavy atom. The van der Waals surface area contributed by atoms with Crippen molar-refractivity contribution in [2.75, 3.05) is 6.61 Å². The summed E-state index contributed by atoms with van der Waals surface area (Å²) >= 11 is 6.11. The molecule has 2 heterocycles. The van der Waals surface area contributed by atoms with E-state index in [9.17, 15) is 4.79 Å². The first-order valence-electron chi connectivity index (χ1n) is 5.82. The quantitative estimate of drug-likeness (QED) is 0.832. The van der Waals surface area contributed by atoms with E-state index in [1.54, 1.807) is 24.5 Å². The van der Waals surface area contributed by atoms with Crippen LogP contribution in [-0.2, 0) is 13.0 Å². The zero-order valence-corrected chi connectivity index (χ0v) is 10.5. The molecule has 3 nitrogen and oxygen atoms in total. The standard InChI is InChI=1S/C14H12ClNO2/c15-12-7-10-3-6-18-14(10)11(8-12)9-16-4-1-13(17)2-5-16/h1-2,4-5,7-8H,3,6,9H2. The van der Waals surface area contributed by atoms with Gasteiger partial charge in [0.05, 0.1) is 13.2 Å². The maximum absolute atomic E-state index is 11.1. The number of nitrogens with zero attached hydrogens (tertiary/aromatic N) is 1. The Balaban J connectivity index is 1.97. The van der Waals surface area contributed by atoms with Crippen LogP contribution in [0.3, 0.4) is 0 Å². The highest BCUT2D eigenvalue weighted by molar-refractivity contribution is 6.30. The van der Waals surface area contributed by atoms with Crippen LogP contribution in [-0.4, -0.2) is 11.2 Å². The minimum Gasteiger partial charge on any atom is -0.493 e. The molecule has 0 saturated carbocycles. The van der Waals surface area contributed by atoms with Crippen molar-refractivity contribution < 1.29 is 4.74 Å². The van der Waals surface area contributed by atoms with Crippen molar-refractivity contribution in [3.8, 4) is 5.75 Å². The predicted molar refractivity (Wildman–Crippen MR) is 70.5 cm³/mol. The predicted octanol–water partition coefficient (Wildman–Crippen LogP) is 2.48. The first kappa shape index (κ1) is 11.4. The lowest BCUT2D eigenvalue weighted by atomic mass is 10.1. The molecule has 3 rings (SSSR count). The zero-order valence-electron chi connectivity index (χ0n) is 9.73. The van der Waals surface area contributed by atoms with Crippen LogP contribution in [0.1, 0.15) is 11.1 Å². The Morgan fingerprint density at radius 3 is 2.83 bits per heavy atom. The average Bonchev–Trinajstić information content (AvgIpc) is 2.80. The van der Waals surface area contributed by atoms with Crippen molar-refractivity contribution in [1.82, 2.24) is 4.57 Å². The van der Waals surface area contributed by atoms with Gasteiger partial charge in [0.1, 0.15) is 5.75 Å². The minimum absolute atomic E-state index is 0.0128. The molecular weight excluding hydrogens is 250 g/mol. The summed E-state index contributed by atoms with van der Waals surface area (Å²) in [5.74, 6) is 0.943. The monoisotopic (exact) mass is 261 g/mol. The van der Waals surface area contributed by atoms with Crippen LogP contribution in [0, 0.1) is 0 Å². The number of fused-ring (bicyclic) bond motifs is 1. The van der Waals surface area contributed by atoms with Crippen LogP contribution in [0.5, 0.6) is 5.75 Å². The summed E-state index contributed by atoms with van der Waals surface area (Å²) in [7, 11) is 0. The molecule has 0 N–H and O–H groups in total. The highest BCUT2D eigenvalue weighted by Gasteiger charge is 2.17. The fourth-order valence-corrected chi connectivity index (χ4v) is 2.47. The Labute approximate surface area is 110 Å². The van der Waals surface area contributed by atoms with Gasteiger partial charge >= 0.3 is 0 Å². The number of benzene rings is 1. The molecule has 92 valence electrons. The number of aromatic nitrogens is 1. The lowest BCUT2D eigenvalue weighted by Gasteiger charge is -2.11. The van der Waals surface area contributed by atoms with E-state index < -0.39 is 0 Å². The van der Waals surface area contributed by atoms with E-state index in [1.807, 2.05) is 16.7 Å². The molecule has 2 aromatic rings. The highest BCUT2D eigenvalue weighted by Crippen LogP contribution is 2.33. The second-order valence-electron chi connectivity index (χ2n) is 4.36. The summed E-state index contributed by atoms with van der Waals surface area (Å²) in [5.41, 5.74) is 2.23. The summed E-state index contributed by atoms with van der Waals surface area (Å²) in [6.45, 7) is 1.37. The van der Waals surface area contributed by atoms with Crippen LogP contribution in [0.15, 0.2) is 41.5 Å². The molecule has 1 aromatic heterocycles. The van der Waals surface area contributed by atoms with E-state index in [0.717, 1.165) is 22.8 Å². The molecule has 1 aliphatic heterocycles. The molecule has 0 radical (unpaired) electrons. The third-order valence-corrected chi connectivity index (χ3v) is 3.26. The van der Waals surface area contributed by atoms with E-state index in [1.165, 1.54) is 5.56 Å². The maximum atomic E-state index is 11.1. The van der Waals surface area contributed by atoms with Crippen LogP contribution in [0.25, 0.3) is 0 Å². The molecule has 0 saturated heterocycles. The Morgan fingerprint density at radius 1 is 1.28 bits per heavy atom. The molecule has 0 bridgehead atoms. The first-order chi connectivity index (χ1) is 8.72. The summed E-state index contributed by atoms with van der Waals surface area (Å²) in [5, 5.41) is 0.732. The zero-order chi connectivity index (χ0) is 12.5. The Hall–Kier alpha value is -1.74. The van der Waals surface area contributed by atoms with Gasteiger partial charge in [-0.05, 0) is 17.7 Å². The smallest absolute Gasteiger partial charge is 0.181 e. The highest BCUT2D eigenvalue weighted by atomic mass is 35.5. The number of rotatable bonds is 2. The van der Waals surface area contributed by atoms with Gasteiger partial charge in [-0.3, -0.25) is 4.79 Å².